The van der Waals surface area contributed by atoms with Crippen molar-refractivity contribution in [3.63, 3.8) is 0 Å². The minimum atomic E-state index is 0.402. The number of aromatic nitrogens is 3. The molecular weight excluding hydrogens is 322 g/mol. The lowest BCUT2D eigenvalue weighted by Crippen LogP contribution is -1.94. The molecule has 0 aliphatic carbocycles. The van der Waals surface area contributed by atoms with Crippen LogP contribution in [0.3, 0.4) is 0 Å². The van der Waals surface area contributed by atoms with E-state index in [2.05, 4.69) is 0 Å². The molecule has 2 heterocycles. The second-order valence-electron chi connectivity index (χ2n) is 5.54. The smallest absolute Gasteiger partial charge is 0.215 e. The zero-order valence-electron chi connectivity index (χ0n) is 13.0. The van der Waals surface area contributed by atoms with Gasteiger partial charge in [0.15, 0.2) is 6.29 Å². The lowest BCUT2D eigenvalue weighted by atomic mass is 10.1. The highest BCUT2D eigenvalue weighted by atomic mass is 35.5. The van der Waals surface area contributed by atoms with Gasteiger partial charge in [0.05, 0.1) is 28.0 Å². The van der Waals surface area contributed by atoms with Crippen LogP contribution in [-0.2, 0) is 11.8 Å². The molecule has 0 N–H and O–H groups in total. The number of carbonyl (C=O) groups is 1. The first-order valence-electron chi connectivity index (χ1n) is 7.53. The normalized spacial score (nSPS) is 12.2. The molecule has 2 aromatic heterocycles. The zero-order chi connectivity index (χ0) is 16.7. The minimum absolute atomic E-state index is 0.402. The summed E-state index contributed by atoms with van der Waals surface area (Å²) in [6, 6.07) is 17.8. The van der Waals surface area contributed by atoms with Crippen molar-refractivity contribution in [2.24, 2.45) is 7.05 Å². The number of imidazole rings is 2. The van der Waals surface area contributed by atoms with Crippen LogP contribution in [0, 0.1) is 0 Å². The van der Waals surface area contributed by atoms with Gasteiger partial charge in [0.2, 0.25) is 5.78 Å². The summed E-state index contributed by atoms with van der Waals surface area (Å²) in [5.74, 6) is 0.767. The van der Waals surface area contributed by atoms with E-state index in [0.717, 1.165) is 34.4 Å². The monoisotopic (exact) mass is 335 g/mol. The first-order chi connectivity index (χ1) is 11.8. The number of hydrogen-bond donors (Lipinski definition) is 0. The predicted octanol–water partition coefficient (Wildman–Crippen LogP) is 4.27. The summed E-state index contributed by atoms with van der Waals surface area (Å²) < 4.78 is 4.00. The Morgan fingerprint density at radius 1 is 1.04 bits per heavy atom. The van der Waals surface area contributed by atoms with E-state index in [0.29, 0.717) is 11.3 Å². The molecule has 0 aliphatic heterocycles. The Kier molecular flexibility index (Phi) is 3.47. The van der Waals surface area contributed by atoms with E-state index in [1.54, 1.807) is 0 Å². The third-order valence-electron chi connectivity index (χ3n) is 4.21. The molecule has 0 aliphatic rings. The van der Waals surface area contributed by atoms with Crippen LogP contribution >= 0.6 is 11.6 Å². The van der Waals surface area contributed by atoms with Crippen molar-refractivity contribution >= 4 is 40.3 Å². The molecule has 0 fully saturated rings. The van der Waals surface area contributed by atoms with E-state index in [4.69, 9.17) is 16.6 Å². The number of halogens is 1. The Balaban J connectivity index is 2.20. The van der Waals surface area contributed by atoms with Gasteiger partial charge in [-0.25, -0.2) is 4.98 Å². The molecule has 0 atom stereocenters. The largest absolute Gasteiger partial charge is 0.313 e. The number of aldehydes is 1. The second-order valence-corrected chi connectivity index (χ2v) is 5.76. The number of para-hydroxylation sites is 2. The summed E-state index contributed by atoms with van der Waals surface area (Å²) in [5.41, 5.74) is 6.13. The fraction of sp³-hybridized carbons (Fsp3) is 0.0526. The molecule has 5 heteroatoms. The highest BCUT2D eigenvalue weighted by molar-refractivity contribution is 6.32. The van der Waals surface area contributed by atoms with Crippen molar-refractivity contribution in [2.45, 2.75) is 0 Å². The van der Waals surface area contributed by atoms with Crippen molar-refractivity contribution in [3.8, 4) is 11.3 Å². The van der Waals surface area contributed by atoms with Crippen molar-refractivity contribution < 1.29 is 4.79 Å². The molecule has 0 radical (unpaired) electrons. The van der Waals surface area contributed by atoms with E-state index >= 15 is 0 Å². The van der Waals surface area contributed by atoms with E-state index in [1.807, 2.05) is 70.6 Å². The van der Waals surface area contributed by atoms with Crippen LogP contribution in [0.5, 0.6) is 0 Å². The number of benzene rings is 2. The van der Waals surface area contributed by atoms with Crippen LogP contribution in [0.15, 0.2) is 60.1 Å². The first kappa shape index (κ1) is 14.7. The number of nitrogens with zero attached hydrogens (tertiary/aromatic N) is 3. The summed E-state index contributed by atoms with van der Waals surface area (Å²) in [5, 5.41) is 0. The Hall–Kier alpha value is -2.85. The molecule has 0 saturated carbocycles. The number of hydrogen-bond acceptors (Lipinski definition) is 2. The highest BCUT2D eigenvalue weighted by Crippen LogP contribution is 2.33. The molecule has 0 saturated heterocycles. The zero-order valence-corrected chi connectivity index (χ0v) is 13.7. The van der Waals surface area contributed by atoms with Gasteiger partial charge in [-0.05, 0) is 12.1 Å². The molecule has 4 nitrogen and oxygen atoms in total. The molecular formula is C19H14ClN3O. The SMILES string of the molecule is Cn1c2ccccc2n2c(C(C=O)=CCl)c(-c3ccccc3)nc12. The number of allylic oxidation sites excluding steroid dienone is 1. The van der Waals surface area contributed by atoms with Crippen molar-refractivity contribution in [3.05, 3.63) is 65.8 Å². The van der Waals surface area contributed by atoms with Gasteiger partial charge < -0.3 is 4.57 Å². The average Bonchev–Trinajstić information content (AvgIpc) is 3.15. The van der Waals surface area contributed by atoms with Crippen molar-refractivity contribution in [2.75, 3.05) is 0 Å². The lowest BCUT2D eigenvalue weighted by molar-refractivity contribution is -0.103. The third-order valence-corrected chi connectivity index (χ3v) is 4.44. The summed E-state index contributed by atoms with van der Waals surface area (Å²) in [6.45, 7) is 0. The van der Waals surface area contributed by atoms with Crippen LogP contribution in [0.25, 0.3) is 33.6 Å². The van der Waals surface area contributed by atoms with Crippen LogP contribution in [0.1, 0.15) is 5.69 Å². The van der Waals surface area contributed by atoms with Gasteiger partial charge in [0.25, 0.3) is 0 Å². The predicted molar refractivity (Wildman–Crippen MR) is 97.0 cm³/mol. The topological polar surface area (TPSA) is 39.3 Å². The quantitative estimate of drug-likeness (QED) is 0.414. The molecule has 4 aromatic rings. The van der Waals surface area contributed by atoms with Crippen molar-refractivity contribution in [1.82, 2.24) is 14.0 Å². The minimum Gasteiger partial charge on any atom is -0.313 e. The maximum absolute atomic E-state index is 11.6. The van der Waals surface area contributed by atoms with E-state index in [1.165, 1.54) is 5.54 Å². The van der Waals surface area contributed by atoms with Crippen LogP contribution < -0.4 is 0 Å². The first-order valence-corrected chi connectivity index (χ1v) is 7.97. The Bertz CT molecular complexity index is 1090. The standard InChI is InChI=1S/C19H14ClN3O/c1-22-15-9-5-6-10-16(15)23-18(14(11-20)12-24)17(21-19(22)23)13-7-3-2-4-8-13/h2-12H,1H3. The average molecular weight is 336 g/mol. The Labute approximate surface area is 143 Å². The summed E-state index contributed by atoms with van der Waals surface area (Å²) in [4.78, 5) is 16.4. The van der Waals surface area contributed by atoms with Gasteiger partial charge in [-0.2, -0.15) is 0 Å². The fourth-order valence-corrected chi connectivity index (χ4v) is 3.26. The van der Waals surface area contributed by atoms with Gasteiger partial charge in [-0.3, -0.25) is 9.20 Å². The molecule has 0 amide bonds. The number of aryl methyl sites for hydroxylation is 1. The second kappa shape index (κ2) is 5.65. The van der Waals surface area contributed by atoms with Gasteiger partial charge in [-0.1, -0.05) is 54.1 Å². The Morgan fingerprint density at radius 3 is 2.38 bits per heavy atom. The summed E-state index contributed by atoms with van der Waals surface area (Å²) in [7, 11) is 1.97. The highest BCUT2D eigenvalue weighted by Gasteiger charge is 2.22. The van der Waals surface area contributed by atoms with Gasteiger partial charge >= 0.3 is 0 Å². The molecule has 2 aromatic carbocycles. The maximum atomic E-state index is 11.6. The summed E-state index contributed by atoms with van der Waals surface area (Å²) in [6.07, 6.45) is 0.769. The maximum Gasteiger partial charge on any atom is 0.215 e. The lowest BCUT2D eigenvalue weighted by Gasteiger charge is -2.04. The fourth-order valence-electron chi connectivity index (χ4n) is 3.10. The van der Waals surface area contributed by atoms with Crippen LogP contribution in [-0.4, -0.2) is 20.2 Å². The van der Waals surface area contributed by atoms with Gasteiger partial charge in [0.1, 0.15) is 0 Å². The van der Waals surface area contributed by atoms with Gasteiger partial charge in [-0.15, -0.1) is 0 Å². The number of carbonyl (C=O) groups excluding carboxylic acids is 1. The molecule has 0 unspecified atom stereocenters. The third kappa shape index (κ3) is 2.00. The molecule has 4 rings (SSSR count). The molecule has 0 spiro atoms. The number of fused-ring (bicyclic) bond motifs is 3. The van der Waals surface area contributed by atoms with E-state index in [-0.39, 0.29) is 0 Å². The van der Waals surface area contributed by atoms with E-state index in [9.17, 15) is 4.79 Å². The molecule has 118 valence electrons. The van der Waals surface area contributed by atoms with E-state index < -0.39 is 0 Å². The number of rotatable bonds is 3. The summed E-state index contributed by atoms with van der Waals surface area (Å²) >= 11 is 5.94. The van der Waals surface area contributed by atoms with Gasteiger partial charge in [0, 0.05) is 18.1 Å². The molecule has 0 bridgehead atoms. The molecule has 24 heavy (non-hydrogen) atoms. The van der Waals surface area contributed by atoms with Crippen LogP contribution in [0.2, 0.25) is 0 Å². The Morgan fingerprint density at radius 2 is 1.71 bits per heavy atom. The van der Waals surface area contributed by atoms with Crippen molar-refractivity contribution in [1.29, 1.82) is 0 Å². The van der Waals surface area contributed by atoms with Crippen LogP contribution in [0.4, 0.5) is 0 Å².